The van der Waals surface area contributed by atoms with Gasteiger partial charge < -0.3 is 19.4 Å². The van der Waals surface area contributed by atoms with E-state index >= 15 is 0 Å². The van der Waals surface area contributed by atoms with Crippen molar-refractivity contribution < 1.29 is 9.53 Å². The number of hydrogen-bond acceptors (Lipinski definition) is 3. The predicted molar refractivity (Wildman–Crippen MR) is 97.5 cm³/mol. The van der Waals surface area contributed by atoms with Gasteiger partial charge >= 0.3 is 6.03 Å². The van der Waals surface area contributed by atoms with Crippen molar-refractivity contribution in [2.24, 2.45) is 5.41 Å². The van der Waals surface area contributed by atoms with Crippen LogP contribution in [-0.2, 0) is 11.3 Å². The number of imidazole rings is 1. The van der Waals surface area contributed by atoms with Crippen LogP contribution < -0.4 is 5.32 Å². The van der Waals surface area contributed by atoms with E-state index in [1.165, 1.54) is 0 Å². The quantitative estimate of drug-likeness (QED) is 0.927. The van der Waals surface area contributed by atoms with E-state index in [4.69, 9.17) is 4.74 Å². The van der Waals surface area contributed by atoms with Crippen LogP contribution in [0.2, 0.25) is 0 Å². The molecule has 1 N–H and O–H groups in total. The average Bonchev–Trinajstić information content (AvgIpc) is 3.01. The van der Waals surface area contributed by atoms with Crippen molar-refractivity contribution in [3.05, 3.63) is 35.8 Å². The highest BCUT2D eigenvalue weighted by atomic mass is 16.5. The van der Waals surface area contributed by atoms with Gasteiger partial charge in [0.2, 0.25) is 0 Å². The van der Waals surface area contributed by atoms with Crippen molar-refractivity contribution in [3.8, 4) is 0 Å². The summed E-state index contributed by atoms with van der Waals surface area (Å²) in [6.07, 6.45) is 2.81. The van der Waals surface area contributed by atoms with Gasteiger partial charge in [-0.05, 0) is 32.4 Å². The summed E-state index contributed by atoms with van der Waals surface area (Å²) in [4.78, 5) is 18.9. The first kappa shape index (κ1) is 17.7. The lowest BCUT2D eigenvalue weighted by Crippen LogP contribution is -2.69. The van der Waals surface area contributed by atoms with Crippen LogP contribution in [0.25, 0.3) is 5.65 Å². The highest BCUT2D eigenvalue weighted by Crippen LogP contribution is 2.53. The molecule has 1 fully saturated rings. The molecule has 0 spiro atoms. The molecule has 1 aliphatic carbocycles. The summed E-state index contributed by atoms with van der Waals surface area (Å²) in [6, 6.07) is 6.06. The summed E-state index contributed by atoms with van der Waals surface area (Å²) in [5.74, 6) is 0. The van der Waals surface area contributed by atoms with E-state index in [1.807, 2.05) is 42.8 Å². The maximum absolute atomic E-state index is 12.6. The zero-order chi connectivity index (χ0) is 18.4. The number of pyridine rings is 1. The number of hydrogen-bond donors (Lipinski definition) is 1. The normalized spacial score (nSPS) is 24.8. The lowest BCUT2D eigenvalue weighted by atomic mass is 9.55. The molecule has 2 amide bonds. The summed E-state index contributed by atoms with van der Waals surface area (Å²) in [5.41, 5.74) is 2.59. The minimum atomic E-state index is -0.189. The van der Waals surface area contributed by atoms with Crippen LogP contribution >= 0.6 is 0 Å². The molecule has 6 nitrogen and oxygen atoms in total. The van der Waals surface area contributed by atoms with Crippen molar-refractivity contribution in [2.45, 2.75) is 52.3 Å². The Kier molecular flexibility index (Phi) is 4.27. The number of urea groups is 1. The first-order valence-electron chi connectivity index (χ1n) is 8.69. The van der Waals surface area contributed by atoms with E-state index < -0.39 is 0 Å². The van der Waals surface area contributed by atoms with Crippen LogP contribution in [-0.4, -0.2) is 46.1 Å². The number of carbonyl (C=O) groups is 1. The molecule has 2 aromatic heterocycles. The van der Waals surface area contributed by atoms with Gasteiger partial charge in [0.1, 0.15) is 5.65 Å². The molecule has 0 bridgehead atoms. The Balaban J connectivity index is 1.63. The first-order chi connectivity index (χ1) is 11.7. The van der Waals surface area contributed by atoms with Gasteiger partial charge in [-0.2, -0.15) is 0 Å². The Morgan fingerprint density at radius 2 is 2.16 bits per heavy atom. The third-order valence-corrected chi connectivity index (χ3v) is 6.18. The second kappa shape index (κ2) is 6.02. The first-order valence-corrected chi connectivity index (χ1v) is 8.69. The van der Waals surface area contributed by atoms with Crippen molar-refractivity contribution >= 4 is 11.7 Å². The van der Waals surface area contributed by atoms with Crippen molar-refractivity contribution in [1.29, 1.82) is 0 Å². The maximum atomic E-state index is 12.6. The molecule has 6 heteroatoms. The maximum Gasteiger partial charge on any atom is 0.317 e. The van der Waals surface area contributed by atoms with Gasteiger partial charge in [0, 0.05) is 37.5 Å². The zero-order valence-corrected chi connectivity index (χ0v) is 16.0. The minimum absolute atomic E-state index is 0.0787. The minimum Gasteiger partial charge on any atom is -0.378 e. The number of methoxy groups -OCH3 is 1. The van der Waals surface area contributed by atoms with Gasteiger partial charge in [0.05, 0.1) is 17.8 Å². The second-order valence-electron chi connectivity index (χ2n) is 7.77. The highest BCUT2D eigenvalue weighted by Gasteiger charge is 2.59. The topological polar surface area (TPSA) is 58.9 Å². The van der Waals surface area contributed by atoms with Crippen LogP contribution in [0.3, 0.4) is 0 Å². The Labute approximate surface area is 149 Å². The summed E-state index contributed by atoms with van der Waals surface area (Å²) < 4.78 is 7.68. The molecule has 2 atom stereocenters. The monoisotopic (exact) mass is 344 g/mol. The SMILES string of the molecule is CO[C@]1(C)C[C@@H](N(C)C(=O)NCc2cn3c(C)cccc3n2)C1(C)C. The number of aromatic nitrogens is 2. The van der Waals surface area contributed by atoms with Gasteiger partial charge in [-0.25, -0.2) is 9.78 Å². The van der Waals surface area contributed by atoms with Crippen molar-refractivity contribution in [1.82, 2.24) is 19.6 Å². The molecular formula is C19H28N4O2. The number of nitrogens with one attached hydrogen (secondary N) is 1. The fourth-order valence-electron chi connectivity index (χ4n) is 3.79. The number of amides is 2. The van der Waals surface area contributed by atoms with Crippen LogP contribution in [0.15, 0.2) is 24.4 Å². The molecule has 0 saturated heterocycles. The molecule has 0 aliphatic heterocycles. The fourth-order valence-corrected chi connectivity index (χ4v) is 3.79. The third-order valence-electron chi connectivity index (χ3n) is 6.18. The molecule has 0 unspecified atom stereocenters. The largest absolute Gasteiger partial charge is 0.378 e. The van der Waals surface area contributed by atoms with Crippen molar-refractivity contribution in [3.63, 3.8) is 0 Å². The standard InChI is InChI=1S/C19H28N4O2/c1-13-8-7-9-16-21-14(12-23(13)16)11-20-17(24)22(5)15-10-19(4,25-6)18(15,2)3/h7-9,12,15H,10-11H2,1-6H3,(H,20,24)/t15-,19-/m1/s1. The van der Waals surface area contributed by atoms with Gasteiger partial charge in [0.15, 0.2) is 0 Å². The van der Waals surface area contributed by atoms with E-state index in [0.717, 1.165) is 23.5 Å². The third kappa shape index (κ3) is 2.78. The van der Waals surface area contributed by atoms with E-state index in [2.05, 4.69) is 31.1 Å². The van der Waals surface area contributed by atoms with Gasteiger partial charge in [-0.15, -0.1) is 0 Å². The zero-order valence-electron chi connectivity index (χ0n) is 16.0. The second-order valence-corrected chi connectivity index (χ2v) is 7.77. The Morgan fingerprint density at radius 1 is 1.44 bits per heavy atom. The predicted octanol–water partition coefficient (Wildman–Crippen LogP) is 2.99. The number of rotatable bonds is 4. The smallest absolute Gasteiger partial charge is 0.317 e. The van der Waals surface area contributed by atoms with Crippen LogP contribution in [0.4, 0.5) is 4.79 Å². The summed E-state index contributed by atoms with van der Waals surface area (Å²) in [7, 11) is 3.59. The molecule has 2 heterocycles. The molecule has 0 radical (unpaired) electrons. The summed E-state index contributed by atoms with van der Waals surface area (Å²) >= 11 is 0. The Morgan fingerprint density at radius 3 is 2.76 bits per heavy atom. The average molecular weight is 344 g/mol. The number of aryl methyl sites for hydroxylation is 1. The van der Waals surface area contributed by atoms with E-state index in [0.29, 0.717) is 6.54 Å². The molecule has 0 aromatic carbocycles. The molecule has 136 valence electrons. The lowest BCUT2D eigenvalue weighted by Gasteiger charge is -2.61. The molecule has 2 aromatic rings. The Hall–Kier alpha value is -2.08. The molecule has 1 aliphatic rings. The van der Waals surface area contributed by atoms with Crippen molar-refractivity contribution in [2.75, 3.05) is 14.2 Å². The van der Waals surface area contributed by atoms with Crippen LogP contribution in [0, 0.1) is 12.3 Å². The number of carbonyl (C=O) groups excluding carboxylic acids is 1. The van der Waals surface area contributed by atoms with Gasteiger partial charge in [-0.3, -0.25) is 0 Å². The molecular weight excluding hydrogens is 316 g/mol. The van der Waals surface area contributed by atoms with Gasteiger partial charge in [0.25, 0.3) is 0 Å². The molecule has 25 heavy (non-hydrogen) atoms. The van der Waals surface area contributed by atoms with E-state index in [9.17, 15) is 4.79 Å². The number of ether oxygens (including phenoxy) is 1. The van der Waals surface area contributed by atoms with E-state index in [1.54, 1.807) is 12.0 Å². The van der Waals surface area contributed by atoms with Gasteiger partial charge in [-0.1, -0.05) is 19.9 Å². The van der Waals surface area contributed by atoms with Crippen LogP contribution in [0.1, 0.15) is 38.6 Å². The number of nitrogens with zero attached hydrogens (tertiary/aromatic N) is 3. The highest BCUT2D eigenvalue weighted by molar-refractivity contribution is 5.74. The summed E-state index contributed by atoms with van der Waals surface area (Å²) in [5, 5.41) is 2.98. The fraction of sp³-hybridized carbons (Fsp3) is 0.579. The van der Waals surface area contributed by atoms with Crippen LogP contribution in [0.5, 0.6) is 0 Å². The lowest BCUT2D eigenvalue weighted by molar-refractivity contribution is -0.198. The Bertz CT molecular complexity index is 798. The van der Waals surface area contributed by atoms with E-state index in [-0.39, 0.29) is 23.1 Å². The number of fused-ring (bicyclic) bond motifs is 1. The molecule has 1 saturated carbocycles. The molecule has 3 rings (SSSR count). The summed E-state index contributed by atoms with van der Waals surface area (Å²) in [6.45, 7) is 8.86.